The van der Waals surface area contributed by atoms with E-state index in [9.17, 15) is 0 Å². The van der Waals surface area contributed by atoms with Crippen molar-refractivity contribution in [2.75, 3.05) is 0 Å². The van der Waals surface area contributed by atoms with Gasteiger partial charge in [-0.1, -0.05) is 42.4 Å². The first-order valence-corrected chi connectivity index (χ1v) is 7.61. The number of likely N-dealkylation sites (tertiary alicyclic amines) is 1. The van der Waals surface area contributed by atoms with E-state index in [-0.39, 0.29) is 0 Å². The van der Waals surface area contributed by atoms with Crippen LogP contribution < -0.4 is 5.73 Å². The van der Waals surface area contributed by atoms with Crippen LogP contribution >= 0.6 is 23.8 Å². The van der Waals surface area contributed by atoms with E-state index >= 15 is 0 Å². The molecule has 1 heterocycles. The van der Waals surface area contributed by atoms with Gasteiger partial charge in [-0.25, -0.2) is 0 Å². The molecule has 0 spiro atoms. The van der Waals surface area contributed by atoms with Gasteiger partial charge in [0.25, 0.3) is 0 Å². The second-order valence-corrected chi connectivity index (χ2v) is 6.32. The normalized spacial score (nSPS) is 24.4. The highest BCUT2D eigenvalue weighted by Crippen LogP contribution is 2.27. The van der Waals surface area contributed by atoms with Gasteiger partial charge in [0, 0.05) is 29.2 Å². The fourth-order valence-corrected chi connectivity index (χ4v) is 3.18. The standard InChI is InChI=1S/C15H21ClN2S/c1-10-4-3-5-11(2)18(10)9-13-7-6-12(15(17)19)8-14(13)16/h6-8,10-11H,3-5,9H2,1-2H3,(H2,17,19)/t10-,11+. The molecule has 2 N–H and O–H groups in total. The molecule has 0 aromatic heterocycles. The number of halogens is 1. The highest BCUT2D eigenvalue weighted by molar-refractivity contribution is 7.80. The molecule has 19 heavy (non-hydrogen) atoms. The maximum Gasteiger partial charge on any atom is 0.104 e. The van der Waals surface area contributed by atoms with Crippen molar-refractivity contribution >= 4 is 28.8 Å². The predicted octanol–water partition coefficient (Wildman–Crippen LogP) is 3.74. The first kappa shape index (κ1) is 14.8. The Morgan fingerprint density at radius 1 is 1.37 bits per heavy atom. The largest absolute Gasteiger partial charge is 0.389 e. The topological polar surface area (TPSA) is 29.3 Å². The molecular formula is C15H21ClN2S. The minimum atomic E-state index is 0.396. The van der Waals surface area contributed by atoms with Crippen molar-refractivity contribution in [3.05, 3.63) is 34.3 Å². The van der Waals surface area contributed by atoms with Crippen LogP contribution in [-0.2, 0) is 6.54 Å². The number of piperidine rings is 1. The van der Waals surface area contributed by atoms with Crippen LogP contribution in [0.25, 0.3) is 0 Å². The van der Waals surface area contributed by atoms with Gasteiger partial charge < -0.3 is 5.73 Å². The average Bonchev–Trinajstić information content (AvgIpc) is 2.35. The molecule has 1 saturated heterocycles. The molecule has 0 bridgehead atoms. The van der Waals surface area contributed by atoms with Crippen LogP contribution in [-0.4, -0.2) is 22.0 Å². The lowest BCUT2D eigenvalue weighted by atomic mass is 9.96. The van der Waals surface area contributed by atoms with E-state index in [4.69, 9.17) is 29.6 Å². The fraction of sp³-hybridized carbons (Fsp3) is 0.533. The molecule has 104 valence electrons. The molecule has 0 radical (unpaired) electrons. The molecular weight excluding hydrogens is 276 g/mol. The molecule has 1 aliphatic rings. The number of nitrogens with zero attached hydrogens (tertiary/aromatic N) is 1. The first-order chi connectivity index (χ1) is 8.99. The van der Waals surface area contributed by atoms with Crippen LogP contribution in [0.5, 0.6) is 0 Å². The number of thiocarbonyl (C=S) groups is 1. The average molecular weight is 297 g/mol. The van der Waals surface area contributed by atoms with Gasteiger partial charge in [0.15, 0.2) is 0 Å². The molecule has 0 aliphatic carbocycles. The van der Waals surface area contributed by atoms with Crippen molar-refractivity contribution in [3.8, 4) is 0 Å². The number of rotatable bonds is 3. The van der Waals surface area contributed by atoms with E-state index in [1.807, 2.05) is 18.2 Å². The number of hydrogen-bond donors (Lipinski definition) is 1. The zero-order valence-corrected chi connectivity index (χ0v) is 13.1. The Morgan fingerprint density at radius 2 is 2.00 bits per heavy atom. The summed E-state index contributed by atoms with van der Waals surface area (Å²) in [5.41, 5.74) is 7.61. The summed E-state index contributed by atoms with van der Waals surface area (Å²) >= 11 is 11.3. The van der Waals surface area contributed by atoms with Gasteiger partial charge in [-0.15, -0.1) is 0 Å². The van der Waals surface area contributed by atoms with Crippen molar-refractivity contribution in [1.82, 2.24) is 4.90 Å². The van der Waals surface area contributed by atoms with Crippen LogP contribution in [0, 0.1) is 0 Å². The Bertz CT molecular complexity index is 465. The van der Waals surface area contributed by atoms with Gasteiger partial charge in [0.05, 0.1) is 0 Å². The zero-order chi connectivity index (χ0) is 14.0. The van der Waals surface area contributed by atoms with Gasteiger partial charge >= 0.3 is 0 Å². The molecule has 4 heteroatoms. The van der Waals surface area contributed by atoms with Crippen LogP contribution in [0.3, 0.4) is 0 Å². The van der Waals surface area contributed by atoms with E-state index in [0.717, 1.165) is 22.7 Å². The minimum absolute atomic E-state index is 0.396. The number of benzene rings is 1. The van der Waals surface area contributed by atoms with Gasteiger partial charge in [-0.2, -0.15) is 0 Å². The van der Waals surface area contributed by atoms with E-state index in [2.05, 4.69) is 18.7 Å². The highest BCUT2D eigenvalue weighted by Gasteiger charge is 2.25. The van der Waals surface area contributed by atoms with Crippen LogP contribution in [0.15, 0.2) is 18.2 Å². The Morgan fingerprint density at radius 3 is 2.53 bits per heavy atom. The van der Waals surface area contributed by atoms with Crippen LogP contribution in [0.2, 0.25) is 5.02 Å². The summed E-state index contributed by atoms with van der Waals surface area (Å²) in [7, 11) is 0. The summed E-state index contributed by atoms with van der Waals surface area (Å²) in [5.74, 6) is 0. The van der Waals surface area contributed by atoms with Crippen molar-refractivity contribution in [1.29, 1.82) is 0 Å². The molecule has 1 aromatic carbocycles. The Balaban J connectivity index is 2.16. The molecule has 0 saturated carbocycles. The monoisotopic (exact) mass is 296 g/mol. The zero-order valence-electron chi connectivity index (χ0n) is 11.5. The van der Waals surface area contributed by atoms with E-state index in [1.165, 1.54) is 19.3 Å². The fourth-order valence-electron chi connectivity index (χ4n) is 2.81. The van der Waals surface area contributed by atoms with Crippen molar-refractivity contribution in [2.24, 2.45) is 5.73 Å². The van der Waals surface area contributed by atoms with Gasteiger partial charge in [-0.3, -0.25) is 4.90 Å². The third kappa shape index (κ3) is 3.47. The Hall–Kier alpha value is -0.640. The van der Waals surface area contributed by atoms with Gasteiger partial charge in [-0.05, 0) is 38.3 Å². The highest BCUT2D eigenvalue weighted by atomic mass is 35.5. The molecule has 2 nitrogen and oxygen atoms in total. The molecule has 0 amide bonds. The van der Waals surface area contributed by atoms with E-state index < -0.39 is 0 Å². The summed E-state index contributed by atoms with van der Waals surface area (Å²) in [6, 6.07) is 7.12. The van der Waals surface area contributed by atoms with Crippen LogP contribution in [0.4, 0.5) is 0 Å². The molecule has 1 aliphatic heterocycles. The van der Waals surface area contributed by atoms with Gasteiger partial charge in [0.2, 0.25) is 0 Å². The SMILES string of the molecule is C[C@@H]1CCC[C@H](C)N1Cc1ccc(C(N)=S)cc1Cl. The van der Waals surface area contributed by atoms with Gasteiger partial charge in [0.1, 0.15) is 4.99 Å². The van der Waals surface area contributed by atoms with Crippen molar-refractivity contribution in [2.45, 2.75) is 51.7 Å². The molecule has 2 rings (SSSR count). The smallest absolute Gasteiger partial charge is 0.104 e. The molecule has 1 aromatic rings. The summed E-state index contributed by atoms with van der Waals surface area (Å²) < 4.78 is 0. The molecule has 1 fully saturated rings. The summed E-state index contributed by atoms with van der Waals surface area (Å²) in [5, 5.41) is 0.760. The Labute approximate surface area is 125 Å². The lowest BCUT2D eigenvalue weighted by Gasteiger charge is -2.39. The Kier molecular flexibility index (Phi) is 4.82. The van der Waals surface area contributed by atoms with Crippen molar-refractivity contribution < 1.29 is 0 Å². The third-order valence-corrected chi connectivity index (χ3v) is 4.65. The molecule has 2 atom stereocenters. The van der Waals surface area contributed by atoms with E-state index in [1.54, 1.807) is 0 Å². The number of hydrogen-bond acceptors (Lipinski definition) is 2. The minimum Gasteiger partial charge on any atom is -0.389 e. The maximum absolute atomic E-state index is 6.35. The number of nitrogens with two attached hydrogens (primary N) is 1. The summed E-state index contributed by atoms with van der Waals surface area (Å²) in [6.45, 7) is 5.50. The summed E-state index contributed by atoms with van der Waals surface area (Å²) in [4.78, 5) is 2.93. The second-order valence-electron chi connectivity index (χ2n) is 5.47. The summed E-state index contributed by atoms with van der Waals surface area (Å²) in [6.07, 6.45) is 3.87. The lowest BCUT2D eigenvalue weighted by molar-refractivity contribution is 0.0953. The second kappa shape index (κ2) is 6.21. The third-order valence-electron chi connectivity index (χ3n) is 4.07. The van der Waals surface area contributed by atoms with Crippen LogP contribution in [0.1, 0.15) is 44.2 Å². The van der Waals surface area contributed by atoms with E-state index in [0.29, 0.717) is 17.1 Å². The quantitative estimate of drug-likeness (QED) is 0.862. The predicted molar refractivity (Wildman–Crippen MR) is 85.7 cm³/mol. The lowest BCUT2D eigenvalue weighted by Crippen LogP contribution is -2.43. The maximum atomic E-state index is 6.35. The van der Waals surface area contributed by atoms with Crippen molar-refractivity contribution in [3.63, 3.8) is 0 Å². The molecule has 0 unspecified atom stereocenters. The first-order valence-electron chi connectivity index (χ1n) is 6.83.